The van der Waals surface area contributed by atoms with Crippen LogP contribution in [0.3, 0.4) is 0 Å². The summed E-state index contributed by atoms with van der Waals surface area (Å²) in [6, 6.07) is 0.586. The summed E-state index contributed by atoms with van der Waals surface area (Å²) >= 11 is 0. The van der Waals surface area contributed by atoms with Crippen LogP contribution in [0.2, 0.25) is 0 Å². The normalized spacial score (nSPS) is 41.4. The second-order valence-corrected chi connectivity index (χ2v) is 7.26. The fourth-order valence-corrected chi connectivity index (χ4v) is 4.34. The lowest BCUT2D eigenvalue weighted by molar-refractivity contribution is 0.0229. The van der Waals surface area contributed by atoms with Gasteiger partial charge < -0.3 is 10.1 Å². The molecule has 0 aromatic carbocycles. The highest BCUT2D eigenvalue weighted by Crippen LogP contribution is 2.38. The molecule has 2 fully saturated rings. The van der Waals surface area contributed by atoms with Crippen LogP contribution in [0.4, 0.5) is 0 Å². The highest BCUT2D eigenvalue weighted by Gasteiger charge is 2.38. The van der Waals surface area contributed by atoms with Crippen LogP contribution < -0.4 is 5.32 Å². The Morgan fingerprint density at radius 3 is 2.32 bits per heavy atom. The SMILES string of the molecule is CCCNC(C1CC(C)CC(C)C1)C1OCCC1C. The lowest BCUT2D eigenvalue weighted by Gasteiger charge is -2.40. The molecule has 1 heterocycles. The van der Waals surface area contributed by atoms with Crippen LogP contribution in [0.1, 0.15) is 59.8 Å². The highest BCUT2D eigenvalue weighted by molar-refractivity contribution is 4.92. The molecule has 2 aliphatic rings. The molecule has 0 bridgehead atoms. The standard InChI is InChI=1S/C17H33NO/c1-5-7-18-16(17-14(4)6-8-19-17)15-10-12(2)9-13(3)11-15/h12-18H,5-11H2,1-4H3. The maximum atomic E-state index is 6.09. The number of hydrogen-bond acceptors (Lipinski definition) is 2. The van der Waals surface area contributed by atoms with Crippen molar-refractivity contribution in [3.05, 3.63) is 0 Å². The zero-order chi connectivity index (χ0) is 13.8. The summed E-state index contributed by atoms with van der Waals surface area (Å²) in [7, 11) is 0. The fourth-order valence-electron chi connectivity index (χ4n) is 4.34. The van der Waals surface area contributed by atoms with Crippen LogP contribution in [0.15, 0.2) is 0 Å². The first kappa shape index (κ1) is 15.3. The van der Waals surface area contributed by atoms with Crippen molar-refractivity contribution in [3.63, 3.8) is 0 Å². The van der Waals surface area contributed by atoms with Gasteiger partial charge >= 0.3 is 0 Å². The van der Waals surface area contributed by atoms with Gasteiger partial charge in [-0.1, -0.05) is 27.7 Å². The first-order valence-electron chi connectivity index (χ1n) is 8.46. The average Bonchev–Trinajstić information content (AvgIpc) is 2.75. The molecule has 1 N–H and O–H groups in total. The Balaban J connectivity index is 2.03. The van der Waals surface area contributed by atoms with Gasteiger partial charge in [0.1, 0.15) is 0 Å². The second-order valence-electron chi connectivity index (χ2n) is 7.26. The van der Waals surface area contributed by atoms with Gasteiger partial charge in [-0.25, -0.2) is 0 Å². The number of ether oxygens (including phenoxy) is 1. The van der Waals surface area contributed by atoms with Gasteiger partial charge in [0, 0.05) is 12.6 Å². The Morgan fingerprint density at radius 2 is 1.79 bits per heavy atom. The van der Waals surface area contributed by atoms with E-state index < -0.39 is 0 Å². The minimum absolute atomic E-state index is 0.453. The summed E-state index contributed by atoms with van der Waals surface area (Å²) in [4.78, 5) is 0. The number of rotatable bonds is 5. The molecule has 0 spiro atoms. The smallest absolute Gasteiger partial charge is 0.0756 e. The average molecular weight is 267 g/mol. The van der Waals surface area contributed by atoms with E-state index in [1.54, 1.807) is 0 Å². The predicted molar refractivity (Wildman–Crippen MR) is 81.3 cm³/mol. The zero-order valence-electron chi connectivity index (χ0n) is 13.3. The van der Waals surface area contributed by atoms with Crippen molar-refractivity contribution >= 4 is 0 Å². The van der Waals surface area contributed by atoms with Crippen molar-refractivity contribution in [2.45, 2.75) is 71.9 Å². The number of nitrogens with one attached hydrogen (secondary N) is 1. The van der Waals surface area contributed by atoms with E-state index in [2.05, 4.69) is 33.0 Å². The molecule has 2 rings (SSSR count). The van der Waals surface area contributed by atoms with E-state index in [9.17, 15) is 0 Å². The monoisotopic (exact) mass is 267 g/mol. The third-order valence-electron chi connectivity index (χ3n) is 5.15. The summed E-state index contributed by atoms with van der Waals surface area (Å²) in [5, 5.41) is 3.83. The molecular weight excluding hydrogens is 234 g/mol. The third-order valence-corrected chi connectivity index (χ3v) is 5.15. The lowest BCUT2D eigenvalue weighted by atomic mass is 9.71. The first-order chi connectivity index (χ1) is 9.11. The zero-order valence-corrected chi connectivity index (χ0v) is 13.3. The summed E-state index contributed by atoms with van der Waals surface area (Å²) < 4.78 is 6.09. The second kappa shape index (κ2) is 7.08. The van der Waals surface area contributed by atoms with E-state index in [1.807, 2.05) is 0 Å². The number of hydrogen-bond donors (Lipinski definition) is 1. The van der Waals surface area contributed by atoms with Crippen LogP contribution in [0.5, 0.6) is 0 Å². The molecule has 0 amide bonds. The molecule has 5 unspecified atom stereocenters. The van der Waals surface area contributed by atoms with Gasteiger partial charge in [0.2, 0.25) is 0 Å². The van der Waals surface area contributed by atoms with Crippen LogP contribution >= 0.6 is 0 Å². The maximum absolute atomic E-state index is 6.09. The van der Waals surface area contributed by atoms with E-state index in [1.165, 1.54) is 32.1 Å². The van der Waals surface area contributed by atoms with Crippen molar-refractivity contribution in [1.82, 2.24) is 5.32 Å². The molecule has 19 heavy (non-hydrogen) atoms. The Labute approximate surface area is 119 Å². The van der Waals surface area contributed by atoms with Gasteiger partial charge in [-0.2, -0.15) is 0 Å². The van der Waals surface area contributed by atoms with Crippen molar-refractivity contribution in [2.75, 3.05) is 13.2 Å². The quantitative estimate of drug-likeness (QED) is 0.817. The Bertz CT molecular complexity index is 258. The van der Waals surface area contributed by atoms with Gasteiger partial charge in [-0.15, -0.1) is 0 Å². The maximum Gasteiger partial charge on any atom is 0.0756 e. The fraction of sp³-hybridized carbons (Fsp3) is 1.00. The van der Waals surface area contributed by atoms with E-state index in [4.69, 9.17) is 4.74 Å². The van der Waals surface area contributed by atoms with Crippen molar-refractivity contribution < 1.29 is 4.74 Å². The van der Waals surface area contributed by atoms with Gasteiger partial charge in [0.25, 0.3) is 0 Å². The molecule has 1 aliphatic heterocycles. The minimum atomic E-state index is 0.453. The van der Waals surface area contributed by atoms with Crippen LogP contribution in [-0.2, 0) is 4.74 Å². The largest absolute Gasteiger partial charge is 0.376 e. The molecule has 2 nitrogen and oxygen atoms in total. The molecule has 1 saturated heterocycles. The summed E-state index contributed by atoms with van der Waals surface area (Å²) in [6.45, 7) is 11.6. The van der Waals surface area contributed by atoms with E-state index in [-0.39, 0.29) is 0 Å². The van der Waals surface area contributed by atoms with E-state index in [0.29, 0.717) is 12.1 Å². The molecule has 0 aromatic heterocycles. The summed E-state index contributed by atoms with van der Waals surface area (Å²) in [6.07, 6.45) is 7.10. The molecule has 112 valence electrons. The van der Waals surface area contributed by atoms with Gasteiger partial charge in [0.15, 0.2) is 0 Å². The van der Waals surface area contributed by atoms with Crippen LogP contribution in [0, 0.1) is 23.7 Å². The molecule has 0 aromatic rings. The van der Waals surface area contributed by atoms with E-state index in [0.717, 1.165) is 36.8 Å². The molecule has 1 aliphatic carbocycles. The Kier molecular flexibility index (Phi) is 5.70. The van der Waals surface area contributed by atoms with Crippen molar-refractivity contribution in [3.8, 4) is 0 Å². The van der Waals surface area contributed by atoms with Crippen LogP contribution in [-0.4, -0.2) is 25.3 Å². The topological polar surface area (TPSA) is 21.3 Å². The van der Waals surface area contributed by atoms with Gasteiger partial charge in [-0.3, -0.25) is 0 Å². The van der Waals surface area contributed by atoms with Crippen LogP contribution in [0.25, 0.3) is 0 Å². The minimum Gasteiger partial charge on any atom is -0.376 e. The lowest BCUT2D eigenvalue weighted by Crippen LogP contribution is -2.49. The highest BCUT2D eigenvalue weighted by atomic mass is 16.5. The molecular formula is C17H33NO. The van der Waals surface area contributed by atoms with E-state index >= 15 is 0 Å². The Morgan fingerprint density at radius 1 is 1.11 bits per heavy atom. The van der Waals surface area contributed by atoms with Gasteiger partial charge in [-0.05, 0) is 62.3 Å². The molecule has 0 radical (unpaired) electrons. The molecule has 1 saturated carbocycles. The Hall–Kier alpha value is -0.0800. The van der Waals surface area contributed by atoms with Crippen molar-refractivity contribution in [1.29, 1.82) is 0 Å². The summed E-state index contributed by atoms with van der Waals surface area (Å²) in [5.41, 5.74) is 0. The predicted octanol–water partition coefficient (Wildman–Crippen LogP) is 3.85. The third kappa shape index (κ3) is 3.95. The van der Waals surface area contributed by atoms with Crippen molar-refractivity contribution in [2.24, 2.45) is 23.7 Å². The molecule has 2 heteroatoms. The molecule has 5 atom stereocenters. The first-order valence-corrected chi connectivity index (χ1v) is 8.46. The summed E-state index contributed by atoms with van der Waals surface area (Å²) in [5.74, 6) is 3.31. The van der Waals surface area contributed by atoms with Gasteiger partial charge in [0.05, 0.1) is 6.10 Å².